The number of aryl methyl sites for hydroxylation is 1. The van der Waals surface area contributed by atoms with E-state index in [4.69, 9.17) is 4.74 Å². The van der Waals surface area contributed by atoms with E-state index in [0.717, 1.165) is 23.0 Å². The zero-order valence-electron chi connectivity index (χ0n) is 11.3. The predicted molar refractivity (Wildman–Crippen MR) is 79.7 cm³/mol. The number of ether oxygens (including phenoxy) is 1. The Kier molecular flexibility index (Phi) is 4.89. The summed E-state index contributed by atoms with van der Waals surface area (Å²) in [6, 6.07) is 4.52. The van der Waals surface area contributed by atoms with Crippen LogP contribution in [0.3, 0.4) is 0 Å². The Balaban J connectivity index is 2.25. The molecule has 20 heavy (non-hydrogen) atoms. The summed E-state index contributed by atoms with van der Waals surface area (Å²) in [5, 5.41) is 3.07. The fourth-order valence-electron chi connectivity index (χ4n) is 1.51. The summed E-state index contributed by atoms with van der Waals surface area (Å²) >= 11 is 3.29. The molecule has 1 aromatic heterocycles. The van der Waals surface area contributed by atoms with Crippen LogP contribution in [0.1, 0.15) is 18.9 Å². The Bertz CT molecular complexity index is 607. The van der Waals surface area contributed by atoms with Crippen LogP contribution in [0.15, 0.2) is 28.9 Å². The molecular formula is C14H15BrFN3O. The SMILES string of the molecule is CCCNc1ncc(C)c(Oc2cc(Br)ccc2F)n1. The van der Waals surface area contributed by atoms with Gasteiger partial charge in [-0.25, -0.2) is 9.37 Å². The minimum Gasteiger partial charge on any atom is -0.435 e. The number of anilines is 1. The summed E-state index contributed by atoms with van der Waals surface area (Å²) in [5.74, 6) is 0.510. The van der Waals surface area contributed by atoms with Crippen molar-refractivity contribution >= 4 is 21.9 Å². The van der Waals surface area contributed by atoms with Crippen molar-refractivity contribution < 1.29 is 9.13 Å². The number of hydrogen-bond acceptors (Lipinski definition) is 4. The van der Waals surface area contributed by atoms with Crippen LogP contribution in [0.25, 0.3) is 0 Å². The fraction of sp³-hybridized carbons (Fsp3) is 0.286. The Labute approximate surface area is 125 Å². The molecule has 2 aromatic rings. The number of hydrogen-bond donors (Lipinski definition) is 1. The van der Waals surface area contributed by atoms with Crippen molar-refractivity contribution in [2.75, 3.05) is 11.9 Å². The summed E-state index contributed by atoms with van der Waals surface area (Å²) in [7, 11) is 0. The molecule has 0 atom stereocenters. The average molecular weight is 340 g/mol. The third-order valence-electron chi connectivity index (χ3n) is 2.56. The third kappa shape index (κ3) is 3.66. The Morgan fingerprint density at radius 2 is 2.20 bits per heavy atom. The minimum absolute atomic E-state index is 0.127. The van der Waals surface area contributed by atoms with Crippen molar-refractivity contribution in [3.05, 3.63) is 40.2 Å². The van der Waals surface area contributed by atoms with Gasteiger partial charge in [-0.3, -0.25) is 0 Å². The maximum Gasteiger partial charge on any atom is 0.227 e. The molecule has 6 heteroatoms. The summed E-state index contributed by atoms with van der Waals surface area (Å²) < 4.78 is 20.0. The largest absolute Gasteiger partial charge is 0.435 e. The zero-order valence-corrected chi connectivity index (χ0v) is 12.9. The number of halogens is 2. The van der Waals surface area contributed by atoms with E-state index in [2.05, 4.69) is 38.1 Å². The van der Waals surface area contributed by atoms with Gasteiger partial charge >= 0.3 is 0 Å². The molecular weight excluding hydrogens is 325 g/mol. The van der Waals surface area contributed by atoms with Gasteiger partial charge in [0.05, 0.1) is 0 Å². The van der Waals surface area contributed by atoms with Crippen LogP contribution in [0.4, 0.5) is 10.3 Å². The number of rotatable bonds is 5. The first kappa shape index (κ1) is 14.7. The number of nitrogens with zero attached hydrogens (tertiary/aromatic N) is 2. The Morgan fingerprint density at radius 1 is 1.40 bits per heavy atom. The van der Waals surface area contributed by atoms with E-state index in [-0.39, 0.29) is 5.75 Å². The molecule has 106 valence electrons. The number of nitrogens with one attached hydrogen (secondary N) is 1. The smallest absolute Gasteiger partial charge is 0.227 e. The van der Waals surface area contributed by atoms with Crippen molar-refractivity contribution in [1.29, 1.82) is 0 Å². The van der Waals surface area contributed by atoms with Crippen LogP contribution >= 0.6 is 15.9 Å². The molecule has 0 aliphatic heterocycles. The van der Waals surface area contributed by atoms with Gasteiger partial charge < -0.3 is 10.1 Å². The standard InChI is InChI=1S/C14H15BrFN3O/c1-3-6-17-14-18-8-9(2)13(19-14)20-12-7-10(15)4-5-11(12)16/h4-5,7-8H,3,6H2,1-2H3,(H,17,18,19). The maximum atomic E-state index is 13.7. The van der Waals surface area contributed by atoms with Crippen molar-refractivity contribution in [1.82, 2.24) is 9.97 Å². The quantitative estimate of drug-likeness (QED) is 0.882. The summed E-state index contributed by atoms with van der Waals surface area (Å²) in [4.78, 5) is 8.40. The maximum absolute atomic E-state index is 13.7. The molecule has 0 amide bonds. The number of aromatic nitrogens is 2. The molecule has 0 spiro atoms. The first-order valence-electron chi connectivity index (χ1n) is 6.30. The highest BCUT2D eigenvalue weighted by atomic mass is 79.9. The second-order valence-electron chi connectivity index (χ2n) is 4.29. The van der Waals surface area contributed by atoms with Gasteiger partial charge in [0.15, 0.2) is 11.6 Å². The van der Waals surface area contributed by atoms with Gasteiger partial charge in [0, 0.05) is 22.8 Å². The lowest BCUT2D eigenvalue weighted by Gasteiger charge is -2.10. The molecule has 0 unspecified atom stereocenters. The molecule has 0 aliphatic carbocycles. The molecule has 1 N–H and O–H groups in total. The van der Waals surface area contributed by atoms with Crippen LogP contribution in [0.5, 0.6) is 11.6 Å². The summed E-state index contributed by atoms with van der Waals surface area (Å²) in [6.07, 6.45) is 2.61. The minimum atomic E-state index is -0.436. The molecule has 0 saturated carbocycles. The molecule has 0 bridgehead atoms. The van der Waals surface area contributed by atoms with E-state index in [9.17, 15) is 4.39 Å². The first-order valence-corrected chi connectivity index (χ1v) is 7.10. The van der Waals surface area contributed by atoms with Gasteiger partial charge in [-0.1, -0.05) is 22.9 Å². The first-order chi connectivity index (χ1) is 9.60. The Morgan fingerprint density at radius 3 is 2.95 bits per heavy atom. The highest BCUT2D eigenvalue weighted by molar-refractivity contribution is 9.10. The predicted octanol–water partition coefficient (Wildman–Crippen LogP) is 4.30. The second-order valence-corrected chi connectivity index (χ2v) is 5.20. The highest BCUT2D eigenvalue weighted by Crippen LogP contribution is 2.28. The van der Waals surface area contributed by atoms with Gasteiger partial charge in [-0.2, -0.15) is 4.98 Å². The summed E-state index contributed by atoms with van der Waals surface area (Å²) in [5.41, 5.74) is 0.742. The van der Waals surface area contributed by atoms with E-state index in [1.165, 1.54) is 6.07 Å². The van der Waals surface area contributed by atoms with E-state index in [1.807, 2.05) is 6.92 Å². The van der Waals surface area contributed by atoms with E-state index < -0.39 is 5.82 Å². The lowest BCUT2D eigenvalue weighted by atomic mass is 10.3. The lowest BCUT2D eigenvalue weighted by Crippen LogP contribution is -2.05. The third-order valence-corrected chi connectivity index (χ3v) is 3.05. The monoisotopic (exact) mass is 339 g/mol. The number of benzene rings is 1. The molecule has 2 rings (SSSR count). The average Bonchev–Trinajstić information content (AvgIpc) is 2.43. The lowest BCUT2D eigenvalue weighted by molar-refractivity contribution is 0.423. The molecule has 0 aliphatic rings. The molecule has 1 heterocycles. The van der Waals surface area contributed by atoms with Gasteiger partial charge in [0.25, 0.3) is 0 Å². The van der Waals surface area contributed by atoms with Crippen LogP contribution < -0.4 is 10.1 Å². The molecule has 0 saturated heterocycles. The molecule has 1 aromatic carbocycles. The van der Waals surface area contributed by atoms with Crippen molar-refractivity contribution in [3.63, 3.8) is 0 Å². The normalized spacial score (nSPS) is 10.4. The topological polar surface area (TPSA) is 47.0 Å². The van der Waals surface area contributed by atoms with Gasteiger partial charge in [-0.05, 0) is 31.5 Å². The van der Waals surface area contributed by atoms with Crippen molar-refractivity contribution in [3.8, 4) is 11.6 Å². The second kappa shape index (κ2) is 6.65. The van der Waals surface area contributed by atoms with Crippen LogP contribution in [-0.2, 0) is 0 Å². The van der Waals surface area contributed by atoms with Crippen molar-refractivity contribution in [2.45, 2.75) is 20.3 Å². The molecule has 0 radical (unpaired) electrons. The van der Waals surface area contributed by atoms with Gasteiger partial charge in [-0.15, -0.1) is 0 Å². The van der Waals surface area contributed by atoms with Crippen molar-refractivity contribution in [2.24, 2.45) is 0 Å². The van der Waals surface area contributed by atoms with Crippen LogP contribution in [0, 0.1) is 12.7 Å². The zero-order chi connectivity index (χ0) is 14.5. The molecule has 0 fully saturated rings. The van der Waals surface area contributed by atoms with E-state index in [1.54, 1.807) is 18.3 Å². The Hall–Kier alpha value is -1.69. The van der Waals surface area contributed by atoms with Crippen LogP contribution in [-0.4, -0.2) is 16.5 Å². The highest BCUT2D eigenvalue weighted by Gasteiger charge is 2.10. The fourth-order valence-corrected chi connectivity index (χ4v) is 1.85. The summed E-state index contributed by atoms with van der Waals surface area (Å²) in [6.45, 7) is 4.64. The molecule has 4 nitrogen and oxygen atoms in total. The van der Waals surface area contributed by atoms with Crippen LogP contribution in [0.2, 0.25) is 0 Å². The van der Waals surface area contributed by atoms with Gasteiger partial charge in [0.1, 0.15) is 0 Å². The van der Waals surface area contributed by atoms with E-state index >= 15 is 0 Å². The van der Waals surface area contributed by atoms with E-state index in [0.29, 0.717) is 11.8 Å². The van der Waals surface area contributed by atoms with Gasteiger partial charge in [0.2, 0.25) is 11.8 Å².